The summed E-state index contributed by atoms with van der Waals surface area (Å²) in [6.07, 6.45) is 3.11. The van der Waals surface area contributed by atoms with Crippen molar-refractivity contribution in [3.63, 3.8) is 0 Å². The van der Waals surface area contributed by atoms with Crippen LogP contribution in [0.5, 0.6) is 0 Å². The number of amides is 1. The van der Waals surface area contributed by atoms with Crippen molar-refractivity contribution in [1.82, 2.24) is 9.73 Å². The lowest BCUT2D eigenvalue weighted by Crippen LogP contribution is -2.28. The first-order chi connectivity index (χ1) is 12.0. The van der Waals surface area contributed by atoms with Crippen molar-refractivity contribution in [3.05, 3.63) is 53.5 Å². The molecular formula is C17H19N3O4S. The molecule has 7 nitrogen and oxygen atoms in total. The van der Waals surface area contributed by atoms with E-state index in [2.05, 4.69) is 10.5 Å². The molecule has 132 valence electrons. The molecule has 1 aromatic carbocycles. The molecule has 1 aliphatic rings. The SMILES string of the molecule is Cc1ccc(/C=N/NC(=O)c2cccc(S(=O)(=O)N3CCCC3)c2)o1. The zero-order valence-corrected chi connectivity index (χ0v) is 14.6. The predicted molar refractivity (Wildman–Crippen MR) is 92.9 cm³/mol. The van der Waals surface area contributed by atoms with E-state index in [1.807, 2.05) is 6.92 Å². The summed E-state index contributed by atoms with van der Waals surface area (Å²) in [5.74, 6) is 0.772. The van der Waals surface area contributed by atoms with E-state index in [1.165, 1.54) is 22.7 Å². The Kier molecular flexibility index (Phi) is 5.00. The number of carbonyl (C=O) groups is 1. The topological polar surface area (TPSA) is 92.0 Å². The number of hydrogen-bond acceptors (Lipinski definition) is 5. The van der Waals surface area contributed by atoms with Gasteiger partial charge < -0.3 is 4.42 Å². The summed E-state index contributed by atoms with van der Waals surface area (Å²) in [5.41, 5.74) is 2.60. The van der Waals surface area contributed by atoms with Gasteiger partial charge in [-0.15, -0.1) is 0 Å². The lowest BCUT2D eigenvalue weighted by Gasteiger charge is -2.15. The molecule has 0 aliphatic carbocycles. The zero-order valence-electron chi connectivity index (χ0n) is 13.8. The van der Waals surface area contributed by atoms with Gasteiger partial charge in [-0.3, -0.25) is 4.79 Å². The molecule has 0 saturated carbocycles. The quantitative estimate of drug-likeness (QED) is 0.652. The van der Waals surface area contributed by atoms with Crippen LogP contribution in [0, 0.1) is 6.92 Å². The monoisotopic (exact) mass is 361 g/mol. The maximum atomic E-state index is 12.6. The van der Waals surface area contributed by atoms with E-state index in [1.54, 1.807) is 24.3 Å². The fourth-order valence-corrected chi connectivity index (χ4v) is 4.18. The number of carbonyl (C=O) groups excluding carboxylic acids is 1. The van der Waals surface area contributed by atoms with Crippen molar-refractivity contribution in [2.24, 2.45) is 5.10 Å². The first-order valence-corrected chi connectivity index (χ1v) is 9.41. The summed E-state index contributed by atoms with van der Waals surface area (Å²) in [7, 11) is -3.56. The first kappa shape index (κ1) is 17.4. The van der Waals surface area contributed by atoms with Crippen LogP contribution in [0.25, 0.3) is 0 Å². The van der Waals surface area contributed by atoms with E-state index in [0.29, 0.717) is 18.8 Å². The van der Waals surface area contributed by atoms with Crippen LogP contribution in [0.1, 0.15) is 34.7 Å². The zero-order chi connectivity index (χ0) is 17.9. The third kappa shape index (κ3) is 3.97. The molecule has 1 saturated heterocycles. The Morgan fingerprint density at radius 2 is 2.00 bits per heavy atom. The Morgan fingerprint density at radius 1 is 1.24 bits per heavy atom. The molecule has 0 radical (unpaired) electrons. The van der Waals surface area contributed by atoms with Gasteiger partial charge in [0.15, 0.2) is 0 Å². The Bertz CT molecular complexity index is 896. The highest BCUT2D eigenvalue weighted by atomic mass is 32.2. The lowest BCUT2D eigenvalue weighted by atomic mass is 10.2. The summed E-state index contributed by atoms with van der Waals surface area (Å²) in [6, 6.07) is 9.49. The summed E-state index contributed by atoms with van der Waals surface area (Å²) < 4.78 is 31.9. The molecule has 2 aromatic rings. The summed E-state index contributed by atoms with van der Waals surface area (Å²) in [4.78, 5) is 12.3. The molecule has 0 bridgehead atoms. The minimum Gasteiger partial charge on any atom is -0.460 e. The van der Waals surface area contributed by atoms with Crippen LogP contribution in [0.2, 0.25) is 0 Å². The summed E-state index contributed by atoms with van der Waals surface area (Å²) in [6.45, 7) is 2.85. The van der Waals surface area contributed by atoms with Gasteiger partial charge in [0, 0.05) is 18.7 Å². The average Bonchev–Trinajstić information content (AvgIpc) is 3.27. The van der Waals surface area contributed by atoms with E-state index >= 15 is 0 Å². The molecule has 1 amide bonds. The molecule has 0 atom stereocenters. The highest BCUT2D eigenvalue weighted by Gasteiger charge is 2.27. The van der Waals surface area contributed by atoms with Gasteiger partial charge in [-0.2, -0.15) is 9.41 Å². The number of rotatable bonds is 5. The summed E-state index contributed by atoms with van der Waals surface area (Å²) >= 11 is 0. The van der Waals surface area contributed by atoms with Crippen molar-refractivity contribution >= 4 is 22.1 Å². The van der Waals surface area contributed by atoms with Gasteiger partial charge in [0.2, 0.25) is 10.0 Å². The van der Waals surface area contributed by atoms with Crippen LogP contribution < -0.4 is 5.43 Å². The number of hydrazone groups is 1. The van der Waals surface area contributed by atoms with Crippen LogP contribution in [0.4, 0.5) is 0 Å². The van der Waals surface area contributed by atoms with Crippen molar-refractivity contribution in [2.75, 3.05) is 13.1 Å². The van der Waals surface area contributed by atoms with E-state index < -0.39 is 15.9 Å². The Balaban J connectivity index is 1.72. The molecule has 1 N–H and O–H groups in total. The highest BCUT2D eigenvalue weighted by molar-refractivity contribution is 7.89. The van der Waals surface area contributed by atoms with Crippen LogP contribution >= 0.6 is 0 Å². The number of aryl methyl sites for hydroxylation is 1. The Hall–Kier alpha value is -2.45. The minimum absolute atomic E-state index is 0.118. The van der Waals surface area contributed by atoms with Gasteiger partial charge in [-0.05, 0) is 50.1 Å². The third-order valence-electron chi connectivity index (χ3n) is 3.92. The molecule has 3 rings (SSSR count). The summed E-state index contributed by atoms with van der Waals surface area (Å²) in [5, 5.41) is 3.82. The van der Waals surface area contributed by atoms with Crippen molar-refractivity contribution in [2.45, 2.75) is 24.7 Å². The van der Waals surface area contributed by atoms with E-state index in [0.717, 1.165) is 18.6 Å². The maximum absolute atomic E-state index is 12.6. The van der Waals surface area contributed by atoms with Crippen LogP contribution in [0.3, 0.4) is 0 Å². The number of furan rings is 1. The molecule has 0 spiro atoms. The molecule has 25 heavy (non-hydrogen) atoms. The number of sulfonamides is 1. The molecule has 0 unspecified atom stereocenters. The van der Waals surface area contributed by atoms with Crippen molar-refractivity contribution in [3.8, 4) is 0 Å². The molecular weight excluding hydrogens is 342 g/mol. The smallest absolute Gasteiger partial charge is 0.271 e. The van der Waals surface area contributed by atoms with Gasteiger partial charge in [0.25, 0.3) is 5.91 Å². The Labute approximate surface area is 146 Å². The minimum atomic E-state index is -3.56. The van der Waals surface area contributed by atoms with E-state index in [9.17, 15) is 13.2 Å². The van der Waals surface area contributed by atoms with Gasteiger partial charge in [0.1, 0.15) is 11.5 Å². The van der Waals surface area contributed by atoms with Gasteiger partial charge >= 0.3 is 0 Å². The molecule has 8 heteroatoms. The fraction of sp³-hybridized carbons (Fsp3) is 0.294. The second kappa shape index (κ2) is 7.20. The number of hydrogen-bond donors (Lipinski definition) is 1. The van der Waals surface area contributed by atoms with E-state index in [4.69, 9.17) is 4.42 Å². The fourth-order valence-electron chi connectivity index (χ4n) is 2.62. The molecule has 1 fully saturated rings. The number of benzene rings is 1. The molecule has 2 heterocycles. The largest absolute Gasteiger partial charge is 0.460 e. The first-order valence-electron chi connectivity index (χ1n) is 7.97. The highest BCUT2D eigenvalue weighted by Crippen LogP contribution is 2.21. The third-order valence-corrected chi connectivity index (χ3v) is 5.81. The predicted octanol–water partition coefficient (Wildman–Crippen LogP) is 2.14. The number of nitrogens with one attached hydrogen (secondary N) is 1. The number of nitrogens with zero attached hydrogens (tertiary/aromatic N) is 2. The Morgan fingerprint density at radius 3 is 2.68 bits per heavy atom. The standard InChI is InChI=1S/C17H19N3O4S/c1-13-7-8-15(24-13)12-18-19-17(21)14-5-4-6-16(11-14)25(22,23)20-9-2-3-10-20/h4-8,11-12H,2-3,9-10H2,1H3,(H,19,21)/b18-12+. The molecule has 1 aromatic heterocycles. The second-order valence-electron chi connectivity index (χ2n) is 5.79. The maximum Gasteiger partial charge on any atom is 0.271 e. The van der Waals surface area contributed by atoms with Crippen LogP contribution in [-0.2, 0) is 10.0 Å². The second-order valence-corrected chi connectivity index (χ2v) is 7.72. The van der Waals surface area contributed by atoms with Crippen molar-refractivity contribution < 1.29 is 17.6 Å². The van der Waals surface area contributed by atoms with Crippen LogP contribution in [-0.4, -0.2) is 37.9 Å². The van der Waals surface area contributed by atoms with Crippen molar-refractivity contribution in [1.29, 1.82) is 0 Å². The van der Waals surface area contributed by atoms with Gasteiger partial charge in [-0.1, -0.05) is 6.07 Å². The van der Waals surface area contributed by atoms with E-state index in [-0.39, 0.29) is 10.5 Å². The normalized spacial score (nSPS) is 15.7. The van der Waals surface area contributed by atoms with Crippen LogP contribution in [0.15, 0.2) is 50.8 Å². The van der Waals surface area contributed by atoms with Gasteiger partial charge in [0.05, 0.1) is 11.1 Å². The average molecular weight is 361 g/mol. The molecule has 1 aliphatic heterocycles. The lowest BCUT2D eigenvalue weighted by molar-refractivity contribution is 0.0955. The van der Waals surface area contributed by atoms with Gasteiger partial charge in [-0.25, -0.2) is 13.8 Å².